The number of halogens is 1. The number of nitrogens with one attached hydrogen (secondary N) is 1. The quantitative estimate of drug-likeness (QED) is 0.361. The number of esters is 1. The minimum atomic E-state index is -0.567. The van der Waals surface area contributed by atoms with Crippen LogP contribution in [0.2, 0.25) is 5.02 Å². The fraction of sp³-hybridized carbons (Fsp3) is 0.214. The summed E-state index contributed by atoms with van der Waals surface area (Å²) in [7, 11) is 0. The van der Waals surface area contributed by atoms with Crippen molar-refractivity contribution in [1.82, 2.24) is 4.98 Å². The molecule has 0 saturated heterocycles. The Morgan fingerprint density at radius 1 is 1.58 bits per heavy atom. The molecule has 2 aromatic rings. The summed E-state index contributed by atoms with van der Waals surface area (Å²) in [5.74, 6) is -0.433. The van der Waals surface area contributed by atoms with Crippen LogP contribution >= 0.6 is 22.9 Å². The van der Waals surface area contributed by atoms with Crippen molar-refractivity contribution in [1.29, 1.82) is 0 Å². The van der Waals surface area contributed by atoms with Crippen LogP contribution in [0, 0.1) is 17.0 Å². The van der Waals surface area contributed by atoms with Crippen LogP contribution < -0.4 is 5.43 Å². The zero-order valence-corrected chi connectivity index (χ0v) is 14.3. The van der Waals surface area contributed by atoms with Crippen LogP contribution in [0.3, 0.4) is 0 Å². The van der Waals surface area contributed by atoms with Crippen molar-refractivity contribution in [3.63, 3.8) is 0 Å². The second-order valence-electron chi connectivity index (χ2n) is 4.49. The number of anilines is 1. The Morgan fingerprint density at radius 2 is 2.33 bits per heavy atom. The summed E-state index contributed by atoms with van der Waals surface area (Å²) in [4.78, 5) is 26.6. The minimum Gasteiger partial charge on any atom is -0.462 e. The van der Waals surface area contributed by atoms with Crippen molar-refractivity contribution in [2.45, 2.75) is 13.8 Å². The van der Waals surface area contributed by atoms with Gasteiger partial charge < -0.3 is 4.74 Å². The van der Waals surface area contributed by atoms with Crippen molar-refractivity contribution in [2.24, 2.45) is 5.10 Å². The Labute approximate surface area is 146 Å². The van der Waals surface area contributed by atoms with Gasteiger partial charge in [-0.05, 0) is 19.9 Å². The molecule has 126 valence electrons. The molecule has 0 atom stereocenters. The Hall–Kier alpha value is -2.52. The van der Waals surface area contributed by atoms with E-state index in [9.17, 15) is 14.9 Å². The van der Waals surface area contributed by atoms with E-state index in [1.165, 1.54) is 18.3 Å². The molecule has 0 aliphatic rings. The average molecular weight is 369 g/mol. The van der Waals surface area contributed by atoms with Gasteiger partial charge in [-0.15, -0.1) is 0 Å². The highest BCUT2D eigenvalue weighted by atomic mass is 35.5. The predicted molar refractivity (Wildman–Crippen MR) is 92.1 cm³/mol. The lowest BCUT2D eigenvalue weighted by Gasteiger charge is -1.98. The number of carbonyl (C=O) groups excluding carboxylic acids is 1. The molecule has 1 N–H and O–H groups in total. The van der Waals surface area contributed by atoms with Gasteiger partial charge in [-0.3, -0.25) is 15.5 Å². The number of nitro benzene ring substituents is 1. The van der Waals surface area contributed by atoms with E-state index in [4.69, 9.17) is 16.3 Å². The van der Waals surface area contributed by atoms with Gasteiger partial charge in [0.05, 0.1) is 23.4 Å². The van der Waals surface area contributed by atoms with Crippen LogP contribution in [0.4, 0.5) is 10.8 Å². The van der Waals surface area contributed by atoms with Crippen molar-refractivity contribution in [3.05, 3.63) is 49.5 Å². The van der Waals surface area contributed by atoms with E-state index in [0.29, 0.717) is 21.3 Å². The molecule has 0 spiro atoms. The molecule has 1 aromatic carbocycles. The van der Waals surface area contributed by atoms with Crippen LogP contribution in [-0.4, -0.2) is 28.7 Å². The second kappa shape index (κ2) is 7.84. The fourth-order valence-electron chi connectivity index (χ4n) is 1.74. The molecule has 10 heteroatoms. The third kappa shape index (κ3) is 4.27. The molecule has 24 heavy (non-hydrogen) atoms. The van der Waals surface area contributed by atoms with Gasteiger partial charge >= 0.3 is 5.97 Å². The lowest BCUT2D eigenvalue weighted by Crippen LogP contribution is -2.03. The van der Waals surface area contributed by atoms with Gasteiger partial charge in [0.2, 0.25) is 5.13 Å². The van der Waals surface area contributed by atoms with Crippen LogP contribution in [0.1, 0.15) is 27.9 Å². The Kier molecular flexibility index (Phi) is 5.83. The molecule has 0 aliphatic carbocycles. The average Bonchev–Trinajstić information content (AvgIpc) is 2.90. The number of benzene rings is 1. The number of hydrazone groups is 1. The van der Waals surface area contributed by atoms with Crippen molar-refractivity contribution >= 4 is 45.9 Å². The van der Waals surface area contributed by atoms with Crippen molar-refractivity contribution < 1.29 is 14.5 Å². The van der Waals surface area contributed by atoms with Gasteiger partial charge in [0.15, 0.2) is 0 Å². The summed E-state index contributed by atoms with van der Waals surface area (Å²) >= 11 is 6.86. The van der Waals surface area contributed by atoms with Gasteiger partial charge in [-0.1, -0.05) is 29.0 Å². The highest BCUT2D eigenvalue weighted by Gasteiger charge is 2.16. The molecule has 0 aliphatic heterocycles. The van der Waals surface area contributed by atoms with E-state index in [1.807, 2.05) is 0 Å². The van der Waals surface area contributed by atoms with E-state index >= 15 is 0 Å². The first-order chi connectivity index (χ1) is 11.4. The van der Waals surface area contributed by atoms with Crippen LogP contribution in [-0.2, 0) is 4.74 Å². The molecule has 0 unspecified atom stereocenters. The van der Waals surface area contributed by atoms with Gasteiger partial charge in [0, 0.05) is 11.6 Å². The molecule has 0 radical (unpaired) electrons. The molecule has 0 bridgehead atoms. The zero-order chi connectivity index (χ0) is 17.7. The molecule has 0 saturated carbocycles. The zero-order valence-electron chi connectivity index (χ0n) is 12.8. The predicted octanol–water partition coefficient (Wildman–Crippen LogP) is 3.64. The minimum absolute atomic E-state index is 0.0553. The summed E-state index contributed by atoms with van der Waals surface area (Å²) in [6, 6.07) is 4.33. The Morgan fingerprint density at radius 3 is 3.00 bits per heavy atom. The van der Waals surface area contributed by atoms with Gasteiger partial charge in [0.1, 0.15) is 9.90 Å². The van der Waals surface area contributed by atoms with E-state index in [1.54, 1.807) is 19.9 Å². The fourth-order valence-corrected chi connectivity index (χ4v) is 2.74. The second-order valence-corrected chi connectivity index (χ2v) is 5.90. The Balaban J connectivity index is 2.10. The maximum atomic E-state index is 11.7. The van der Waals surface area contributed by atoms with Crippen LogP contribution in [0.25, 0.3) is 0 Å². The van der Waals surface area contributed by atoms with Crippen molar-refractivity contribution in [2.75, 3.05) is 12.0 Å². The lowest BCUT2D eigenvalue weighted by molar-refractivity contribution is -0.384. The molecule has 0 fully saturated rings. The number of rotatable bonds is 6. The molecule has 1 aromatic heterocycles. The largest absolute Gasteiger partial charge is 0.462 e. The number of aryl methyl sites for hydroxylation is 1. The van der Waals surface area contributed by atoms with Crippen LogP contribution in [0.5, 0.6) is 0 Å². The molecular formula is C14H13ClN4O4S. The molecule has 8 nitrogen and oxygen atoms in total. The first kappa shape index (κ1) is 17.8. The standard InChI is InChI=1S/C14H13ClN4O4S/c1-3-23-13(20)12-8(2)17-14(24-12)18-16-7-9-4-5-10(15)11(6-9)19(21)22/h4-7H,3H2,1-2H3,(H,17,18)/b16-7-. The van der Waals surface area contributed by atoms with E-state index in [-0.39, 0.29) is 17.3 Å². The number of nitro groups is 1. The third-order valence-electron chi connectivity index (χ3n) is 2.80. The highest BCUT2D eigenvalue weighted by Crippen LogP contribution is 2.25. The van der Waals surface area contributed by atoms with Crippen LogP contribution in [0.15, 0.2) is 23.3 Å². The maximum absolute atomic E-state index is 11.7. The topological polar surface area (TPSA) is 107 Å². The lowest BCUT2D eigenvalue weighted by atomic mass is 10.2. The SMILES string of the molecule is CCOC(=O)c1sc(N/N=C\c2ccc(Cl)c([N+](=O)[O-])c2)nc1C. The summed E-state index contributed by atoms with van der Waals surface area (Å²) in [5.41, 5.74) is 3.52. The van der Waals surface area contributed by atoms with Crippen molar-refractivity contribution in [3.8, 4) is 0 Å². The smallest absolute Gasteiger partial charge is 0.350 e. The maximum Gasteiger partial charge on any atom is 0.350 e. The Bertz CT molecular complexity index is 806. The first-order valence-corrected chi connectivity index (χ1v) is 7.99. The molecule has 2 rings (SSSR count). The number of aromatic nitrogens is 1. The monoisotopic (exact) mass is 368 g/mol. The molecule has 1 heterocycles. The highest BCUT2D eigenvalue weighted by molar-refractivity contribution is 7.17. The number of nitrogens with zero attached hydrogens (tertiary/aromatic N) is 3. The first-order valence-electron chi connectivity index (χ1n) is 6.80. The van der Waals surface area contributed by atoms with Gasteiger partial charge in [-0.25, -0.2) is 9.78 Å². The van der Waals surface area contributed by atoms with Gasteiger partial charge in [-0.2, -0.15) is 5.10 Å². The van der Waals surface area contributed by atoms with E-state index in [0.717, 1.165) is 11.3 Å². The number of carbonyl (C=O) groups is 1. The summed E-state index contributed by atoms with van der Waals surface area (Å²) < 4.78 is 4.93. The number of hydrogen-bond acceptors (Lipinski definition) is 8. The number of ether oxygens (including phenoxy) is 1. The normalized spacial score (nSPS) is 10.8. The third-order valence-corrected chi connectivity index (χ3v) is 4.16. The molecular weight excluding hydrogens is 356 g/mol. The summed E-state index contributed by atoms with van der Waals surface area (Å²) in [6.45, 7) is 3.70. The van der Waals surface area contributed by atoms with E-state index < -0.39 is 10.9 Å². The van der Waals surface area contributed by atoms with E-state index in [2.05, 4.69) is 15.5 Å². The number of thiazole rings is 1. The summed E-state index contributed by atoms with van der Waals surface area (Å²) in [6.07, 6.45) is 1.39. The summed E-state index contributed by atoms with van der Waals surface area (Å²) in [5, 5.41) is 15.3. The molecule has 0 amide bonds. The number of hydrogen-bond donors (Lipinski definition) is 1. The van der Waals surface area contributed by atoms with Gasteiger partial charge in [0.25, 0.3) is 5.69 Å².